The van der Waals surface area contributed by atoms with Crippen LogP contribution in [0.4, 0.5) is 0 Å². The maximum atomic E-state index is 10.9. The highest BCUT2D eigenvalue weighted by Crippen LogP contribution is 2.20. The van der Waals surface area contributed by atoms with Gasteiger partial charge in [-0.1, -0.05) is 12.8 Å². The van der Waals surface area contributed by atoms with Gasteiger partial charge in [0.1, 0.15) is 0 Å². The quantitative estimate of drug-likeness (QED) is 0.532. The van der Waals surface area contributed by atoms with Crippen LogP contribution in [0.1, 0.15) is 13.3 Å². The van der Waals surface area contributed by atoms with E-state index in [1.54, 1.807) is 0 Å². The maximum Gasteiger partial charge on any atom is 0.336 e. The molecule has 0 fully saturated rings. The van der Waals surface area contributed by atoms with Crippen molar-refractivity contribution in [3.8, 4) is 12.3 Å². The van der Waals surface area contributed by atoms with E-state index < -0.39 is 23.4 Å². The van der Waals surface area contributed by atoms with Crippen molar-refractivity contribution in [3.63, 3.8) is 0 Å². The van der Waals surface area contributed by atoms with Crippen molar-refractivity contribution in [2.75, 3.05) is 7.05 Å². The fraction of sp³-hybridized carbons (Fsp3) is 0.556. The average Bonchev–Trinajstić information content (AvgIpc) is 2.05. The van der Waals surface area contributed by atoms with Crippen LogP contribution in [-0.4, -0.2) is 34.7 Å². The van der Waals surface area contributed by atoms with Crippen molar-refractivity contribution in [2.24, 2.45) is 5.92 Å². The van der Waals surface area contributed by atoms with Crippen LogP contribution in [0, 0.1) is 18.3 Å². The highest BCUT2D eigenvalue weighted by Gasteiger charge is 2.41. The van der Waals surface area contributed by atoms with Crippen LogP contribution in [0.2, 0.25) is 0 Å². The summed E-state index contributed by atoms with van der Waals surface area (Å²) in [4.78, 5) is 21.3. The van der Waals surface area contributed by atoms with Crippen molar-refractivity contribution in [2.45, 2.75) is 18.9 Å². The molecule has 5 nitrogen and oxygen atoms in total. The summed E-state index contributed by atoms with van der Waals surface area (Å²) in [7, 11) is 1.40. The van der Waals surface area contributed by atoms with Gasteiger partial charge in [0.05, 0.1) is 6.42 Å². The first-order chi connectivity index (χ1) is 6.40. The third-order valence-electron chi connectivity index (χ3n) is 2.18. The Morgan fingerprint density at radius 3 is 2.29 bits per heavy atom. The van der Waals surface area contributed by atoms with Crippen LogP contribution in [0.3, 0.4) is 0 Å². The molecule has 78 valence electrons. The molecule has 2 atom stereocenters. The van der Waals surface area contributed by atoms with Gasteiger partial charge in [-0.3, -0.25) is 10.1 Å². The van der Waals surface area contributed by atoms with Gasteiger partial charge < -0.3 is 10.2 Å². The van der Waals surface area contributed by atoms with Crippen LogP contribution in [0.25, 0.3) is 0 Å². The lowest BCUT2D eigenvalue weighted by atomic mass is 9.84. The minimum atomic E-state index is -1.61. The molecule has 0 aliphatic rings. The van der Waals surface area contributed by atoms with Gasteiger partial charge in [-0.25, -0.2) is 4.79 Å². The molecular formula is C9H13NO4. The summed E-state index contributed by atoms with van der Waals surface area (Å²) in [6, 6.07) is 0. The molecule has 0 aliphatic carbocycles. The molecule has 0 heterocycles. The molecule has 14 heavy (non-hydrogen) atoms. The summed E-state index contributed by atoms with van der Waals surface area (Å²) in [5.41, 5.74) is -1.61. The number of aliphatic carboxylic acids is 2. The van der Waals surface area contributed by atoms with E-state index in [-0.39, 0.29) is 6.42 Å². The highest BCUT2D eigenvalue weighted by atomic mass is 16.4. The van der Waals surface area contributed by atoms with E-state index in [2.05, 4.69) is 11.2 Å². The Labute approximate surface area is 82.1 Å². The lowest BCUT2D eigenvalue weighted by Crippen LogP contribution is -2.54. The molecule has 0 amide bonds. The van der Waals surface area contributed by atoms with Crippen molar-refractivity contribution >= 4 is 11.9 Å². The zero-order valence-corrected chi connectivity index (χ0v) is 8.07. The second kappa shape index (κ2) is 4.63. The Bertz CT molecular complexity index is 281. The first-order valence-corrected chi connectivity index (χ1v) is 4.02. The van der Waals surface area contributed by atoms with Gasteiger partial charge in [-0.15, -0.1) is 6.42 Å². The Hall–Kier alpha value is -1.54. The Morgan fingerprint density at radius 2 is 2.07 bits per heavy atom. The third kappa shape index (κ3) is 2.24. The number of hydrogen-bond donors (Lipinski definition) is 3. The molecule has 0 rings (SSSR count). The summed E-state index contributed by atoms with van der Waals surface area (Å²) < 4.78 is 0. The molecule has 3 N–H and O–H groups in total. The minimum Gasteiger partial charge on any atom is -0.481 e. The van der Waals surface area contributed by atoms with Crippen LogP contribution in [0.5, 0.6) is 0 Å². The number of likely N-dealkylation sites (N-methyl/N-ethyl adjacent to an activating group) is 1. The topological polar surface area (TPSA) is 86.6 Å². The molecular weight excluding hydrogens is 186 g/mol. The normalized spacial score (nSPS) is 16.4. The minimum absolute atomic E-state index is 0.294. The molecule has 0 aromatic rings. The predicted octanol–water partition coefficient (Wildman–Crippen LogP) is -0.227. The summed E-state index contributed by atoms with van der Waals surface area (Å²) in [5, 5.41) is 19.9. The van der Waals surface area contributed by atoms with Crippen molar-refractivity contribution in [3.05, 3.63) is 0 Å². The zero-order valence-electron chi connectivity index (χ0n) is 8.07. The van der Waals surface area contributed by atoms with Crippen molar-refractivity contribution in [1.82, 2.24) is 5.32 Å². The van der Waals surface area contributed by atoms with Crippen LogP contribution in [0.15, 0.2) is 0 Å². The highest BCUT2D eigenvalue weighted by molar-refractivity contribution is 5.84. The lowest BCUT2D eigenvalue weighted by molar-refractivity contribution is -0.145. The second-order valence-corrected chi connectivity index (χ2v) is 3.01. The number of hydrogen-bond acceptors (Lipinski definition) is 3. The van der Waals surface area contributed by atoms with Gasteiger partial charge in [-0.2, -0.15) is 0 Å². The predicted molar refractivity (Wildman–Crippen MR) is 49.7 cm³/mol. The Morgan fingerprint density at radius 1 is 1.57 bits per heavy atom. The van der Waals surface area contributed by atoms with Crippen molar-refractivity contribution in [1.29, 1.82) is 0 Å². The van der Waals surface area contributed by atoms with Crippen LogP contribution >= 0.6 is 0 Å². The van der Waals surface area contributed by atoms with Crippen LogP contribution in [-0.2, 0) is 9.59 Å². The smallest absolute Gasteiger partial charge is 0.336 e. The molecule has 0 saturated heterocycles. The first-order valence-electron chi connectivity index (χ1n) is 4.02. The number of nitrogens with one attached hydrogen (secondary N) is 1. The van der Waals surface area contributed by atoms with E-state index in [0.29, 0.717) is 0 Å². The third-order valence-corrected chi connectivity index (χ3v) is 2.18. The van der Waals surface area contributed by atoms with E-state index in [9.17, 15) is 9.59 Å². The monoisotopic (exact) mass is 199 g/mol. The van der Waals surface area contributed by atoms with Gasteiger partial charge in [0.15, 0.2) is 5.54 Å². The Kier molecular flexibility index (Phi) is 4.12. The largest absolute Gasteiger partial charge is 0.481 e. The molecule has 0 spiro atoms. The second-order valence-electron chi connectivity index (χ2n) is 3.01. The van der Waals surface area contributed by atoms with E-state index in [1.165, 1.54) is 14.0 Å². The molecule has 0 saturated carbocycles. The van der Waals surface area contributed by atoms with Crippen molar-refractivity contribution < 1.29 is 19.8 Å². The molecule has 5 heteroatoms. The van der Waals surface area contributed by atoms with E-state index in [0.717, 1.165) is 0 Å². The molecule has 0 radical (unpaired) electrons. The first kappa shape index (κ1) is 12.5. The lowest BCUT2D eigenvalue weighted by Gasteiger charge is -2.28. The summed E-state index contributed by atoms with van der Waals surface area (Å²) in [6.07, 6.45) is 4.82. The summed E-state index contributed by atoms with van der Waals surface area (Å²) in [6.45, 7) is 1.48. The average molecular weight is 199 g/mol. The molecule has 0 bridgehead atoms. The number of terminal acetylenes is 1. The number of carboxylic acid groups (broad SMARTS) is 2. The standard InChI is InChI=1S/C9H13NO4/c1-4-9(10-3,8(13)14)6(2)5-7(11)12/h1,6,10H,5H2,2-3H3,(H,11,12)(H,13,14). The summed E-state index contributed by atoms with van der Waals surface area (Å²) in [5.74, 6) is -0.907. The van der Waals surface area contributed by atoms with Gasteiger partial charge in [-0.05, 0) is 7.05 Å². The fourth-order valence-electron chi connectivity index (χ4n) is 1.26. The Balaban J connectivity index is 4.92. The molecule has 2 unspecified atom stereocenters. The van der Waals surface area contributed by atoms with Gasteiger partial charge in [0.2, 0.25) is 0 Å². The number of rotatable bonds is 5. The van der Waals surface area contributed by atoms with Gasteiger partial charge in [0.25, 0.3) is 0 Å². The zero-order chi connectivity index (χ0) is 11.4. The van der Waals surface area contributed by atoms with Gasteiger partial charge in [0, 0.05) is 5.92 Å². The molecule has 0 aliphatic heterocycles. The van der Waals surface area contributed by atoms with Crippen LogP contribution < -0.4 is 5.32 Å². The van der Waals surface area contributed by atoms with E-state index in [1.807, 2.05) is 0 Å². The molecule has 0 aromatic carbocycles. The fourth-order valence-corrected chi connectivity index (χ4v) is 1.26. The SMILES string of the molecule is C#CC(NC)(C(=O)O)C(C)CC(=O)O. The summed E-state index contributed by atoms with van der Waals surface area (Å²) >= 11 is 0. The number of carbonyl (C=O) groups is 2. The number of carboxylic acids is 2. The maximum absolute atomic E-state index is 10.9. The van der Waals surface area contributed by atoms with Gasteiger partial charge >= 0.3 is 11.9 Å². The molecule has 0 aromatic heterocycles. The van der Waals surface area contributed by atoms with E-state index >= 15 is 0 Å². The van der Waals surface area contributed by atoms with E-state index in [4.69, 9.17) is 16.6 Å².